The number of halogens is 2. The number of ether oxygens (including phenoxy) is 1. The second-order valence-corrected chi connectivity index (χ2v) is 5.43. The molecule has 0 saturated carbocycles. The number of amides is 1. The van der Waals surface area contributed by atoms with Crippen LogP contribution in [0.3, 0.4) is 0 Å². The van der Waals surface area contributed by atoms with Crippen LogP contribution >= 0.6 is 23.2 Å². The number of nitro groups is 1. The molecule has 23 heavy (non-hydrogen) atoms. The van der Waals surface area contributed by atoms with Crippen LogP contribution in [-0.2, 0) is 11.2 Å². The third-order valence-corrected chi connectivity index (χ3v) is 3.73. The molecule has 1 amide bonds. The van der Waals surface area contributed by atoms with Crippen molar-refractivity contribution < 1.29 is 14.5 Å². The molecule has 1 N–H and O–H groups in total. The molecular formula is C15H12Cl2N2O4. The van der Waals surface area contributed by atoms with E-state index in [2.05, 4.69) is 5.32 Å². The van der Waals surface area contributed by atoms with E-state index in [9.17, 15) is 14.9 Å². The van der Waals surface area contributed by atoms with Gasteiger partial charge in [0.2, 0.25) is 5.91 Å². The van der Waals surface area contributed by atoms with Crippen molar-refractivity contribution in [3.8, 4) is 5.75 Å². The van der Waals surface area contributed by atoms with E-state index in [1.54, 1.807) is 24.3 Å². The van der Waals surface area contributed by atoms with Crippen LogP contribution in [0, 0.1) is 10.1 Å². The normalized spacial score (nSPS) is 10.2. The average Bonchev–Trinajstić information content (AvgIpc) is 2.50. The zero-order valence-electron chi connectivity index (χ0n) is 12.0. The minimum absolute atomic E-state index is 0.00250. The standard InChI is InChI=1S/C15H12Cl2N2O4/c1-23-10-4-2-3-9(5-10)6-15(20)18-13-7-11(16)12(17)8-14(13)19(21)22/h2-5,7-8H,6H2,1H3,(H,18,20). The number of benzene rings is 2. The second-order valence-electron chi connectivity index (χ2n) is 4.62. The summed E-state index contributed by atoms with van der Waals surface area (Å²) in [5, 5.41) is 13.7. The lowest BCUT2D eigenvalue weighted by molar-refractivity contribution is -0.383. The molecule has 0 aromatic heterocycles. The molecule has 0 aliphatic heterocycles. The van der Waals surface area contributed by atoms with E-state index in [4.69, 9.17) is 27.9 Å². The Hall–Kier alpha value is -2.31. The van der Waals surface area contributed by atoms with Crippen molar-refractivity contribution in [3.63, 3.8) is 0 Å². The highest BCUT2D eigenvalue weighted by Crippen LogP contribution is 2.34. The highest BCUT2D eigenvalue weighted by molar-refractivity contribution is 6.42. The lowest BCUT2D eigenvalue weighted by Crippen LogP contribution is -2.15. The van der Waals surface area contributed by atoms with E-state index in [1.165, 1.54) is 13.2 Å². The first kappa shape index (κ1) is 17.1. The molecular weight excluding hydrogens is 343 g/mol. The van der Waals surface area contributed by atoms with Crippen LogP contribution in [0.15, 0.2) is 36.4 Å². The molecule has 2 aromatic rings. The lowest BCUT2D eigenvalue weighted by Gasteiger charge is -2.08. The zero-order chi connectivity index (χ0) is 17.0. The summed E-state index contributed by atoms with van der Waals surface area (Å²) in [7, 11) is 1.53. The molecule has 0 radical (unpaired) electrons. The Bertz CT molecular complexity index is 765. The number of hydrogen-bond acceptors (Lipinski definition) is 4. The number of methoxy groups -OCH3 is 1. The van der Waals surface area contributed by atoms with Gasteiger partial charge in [0.25, 0.3) is 5.69 Å². The zero-order valence-corrected chi connectivity index (χ0v) is 13.5. The van der Waals surface area contributed by atoms with Gasteiger partial charge in [-0.2, -0.15) is 0 Å². The van der Waals surface area contributed by atoms with Gasteiger partial charge in [-0.3, -0.25) is 14.9 Å². The number of carbonyl (C=O) groups is 1. The summed E-state index contributed by atoms with van der Waals surface area (Å²) in [4.78, 5) is 22.5. The Morgan fingerprint density at radius 3 is 2.61 bits per heavy atom. The highest BCUT2D eigenvalue weighted by Gasteiger charge is 2.19. The molecule has 0 aliphatic rings. The molecule has 0 saturated heterocycles. The van der Waals surface area contributed by atoms with E-state index < -0.39 is 10.8 Å². The molecule has 0 bridgehead atoms. The average molecular weight is 355 g/mol. The highest BCUT2D eigenvalue weighted by atomic mass is 35.5. The van der Waals surface area contributed by atoms with Crippen molar-refractivity contribution in [2.24, 2.45) is 0 Å². The minimum Gasteiger partial charge on any atom is -0.497 e. The molecule has 0 aliphatic carbocycles. The number of nitro benzene ring substituents is 1. The monoisotopic (exact) mass is 354 g/mol. The van der Waals surface area contributed by atoms with E-state index >= 15 is 0 Å². The fraction of sp³-hybridized carbons (Fsp3) is 0.133. The van der Waals surface area contributed by atoms with Crippen LogP contribution in [0.25, 0.3) is 0 Å². The van der Waals surface area contributed by atoms with Gasteiger partial charge in [0.1, 0.15) is 11.4 Å². The Labute approximate surface area is 142 Å². The number of rotatable bonds is 5. The quantitative estimate of drug-likeness (QED) is 0.647. The Balaban J connectivity index is 2.19. The summed E-state index contributed by atoms with van der Waals surface area (Å²) in [6.45, 7) is 0. The molecule has 2 aromatic carbocycles. The van der Waals surface area contributed by atoms with Crippen molar-refractivity contribution in [1.29, 1.82) is 0 Å². The Morgan fingerprint density at radius 2 is 1.96 bits per heavy atom. The van der Waals surface area contributed by atoms with Crippen LogP contribution in [0.5, 0.6) is 5.75 Å². The van der Waals surface area contributed by atoms with Crippen molar-refractivity contribution in [2.75, 3.05) is 12.4 Å². The van der Waals surface area contributed by atoms with Gasteiger partial charge in [0.05, 0.1) is 28.5 Å². The summed E-state index contributed by atoms with van der Waals surface area (Å²) >= 11 is 11.6. The van der Waals surface area contributed by atoms with E-state index in [-0.39, 0.29) is 27.8 Å². The topological polar surface area (TPSA) is 81.5 Å². The van der Waals surface area contributed by atoms with Crippen molar-refractivity contribution in [3.05, 3.63) is 62.1 Å². The van der Waals surface area contributed by atoms with E-state index in [0.29, 0.717) is 11.3 Å². The van der Waals surface area contributed by atoms with E-state index in [0.717, 1.165) is 6.07 Å². The number of nitrogens with one attached hydrogen (secondary N) is 1. The smallest absolute Gasteiger partial charge is 0.294 e. The molecule has 0 unspecified atom stereocenters. The first-order valence-corrected chi connectivity index (χ1v) is 7.22. The first-order valence-electron chi connectivity index (χ1n) is 6.47. The summed E-state index contributed by atoms with van der Waals surface area (Å²) < 4.78 is 5.08. The molecule has 0 fully saturated rings. The third kappa shape index (κ3) is 4.34. The van der Waals surface area contributed by atoms with Crippen molar-refractivity contribution in [2.45, 2.75) is 6.42 Å². The number of anilines is 1. The fourth-order valence-corrected chi connectivity index (χ4v) is 2.27. The molecule has 6 nitrogen and oxygen atoms in total. The second kappa shape index (κ2) is 7.30. The number of nitrogens with zero attached hydrogens (tertiary/aromatic N) is 1. The number of hydrogen-bond donors (Lipinski definition) is 1. The molecule has 8 heteroatoms. The van der Waals surface area contributed by atoms with Gasteiger partial charge in [0, 0.05) is 6.07 Å². The summed E-state index contributed by atoms with van der Waals surface area (Å²) in [6.07, 6.45) is 0.0363. The third-order valence-electron chi connectivity index (χ3n) is 3.01. The SMILES string of the molecule is COc1cccc(CC(=O)Nc2cc(Cl)c(Cl)cc2[N+](=O)[O-])c1. The fourth-order valence-electron chi connectivity index (χ4n) is 1.95. The van der Waals surface area contributed by atoms with Crippen LogP contribution in [-0.4, -0.2) is 17.9 Å². The Kier molecular flexibility index (Phi) is 5.41. The number of carbonyl (C=O) groups excluding carboxylic acids is 1. The molecule has 120 valence electrons. The van der Waals surface area contributed by atoms with E-state index in [1.807, 2.05) is 0 Å². The van der Waals surface area contributed by atoms with Crippen LogP contribution in [0.2, 0.25) is 10.0 Å². The molecule has 2 rings (SSSR count). The van der Waals surface area contributed by atoms with Crippen LogP contribution in [0.4, 0.5) is 11.4 Å². The molecule has 0 heterocycles. The maximum atomic E-state index is 12.1. The summed E-state index contributed by atoms with van der Waals surface area (Å²) in [6, 6.07) is 9.33. The van der Waals surface area contributed by atoms with Crippen LogP contribution < -0.4 is 10.1 Å². The van der Waals surface area contributed by atoms with Gasteiger partial charge in [0.15, 0.2) is 0 Å². The van der Waals surface area contributed by atoms with Crippen molar-refractivity contribution in [1.82, 2.24) is 0 Å². The van der Waals surface area contributed by atoms with Crippen molar-refractivity contribution >= 4 is 40.5 Å². The predicted molar refractivity (Wildman–Crippen MR) is 88.4 cm³/mol. The first-order chi connectivity index (χ1) is 10.9. The molecule has 0 spiro atoms. The van der Waals surface area contributed by atoms with Gasteiger partial charge in [-0.1, -0.05) is 35.3 Å². The van der Waals surface area contributed by atoms with Gasteiger partial charge >= 0.3 is 0 Å². The van der Waals surface area contributed by atoms with Crippen LogP contribution in [0.1, 0.15) is 5.56 Å². The maximum Gasteiger partial charge on any atom is 0.294 e. The van der Waals surface area contributed by atoms with Gasteiger partial charge in [-0.05, 0) is 23.8 Å². The summed E-state index contributed by atoms with van der Waals surface area (Å²) in [5.41, 5.74) is 0.389. The lowest BCUT2D eigenvalue weighted by atomic mass is 10.1. The maximum absolute atomic E-state index is 12.1. The largest absolute Gasteiger partial charge is 0.497 e. The van der Waals surface area contributed by atoms with Gasteiger partial charge in [-0.15, -0.1) is 0 Å². The van der Waals surface area contributed by atoms with Gasteiger partial charge < -0.3 is 10.1 Å². The Morgan fingerprint density at radius 1 is 1.26 bits per heavy atom. The predicted octanol–water partition coefficient (Wildman–Crippen LogP) is 4.09. The summed E-state index contributed by atoms with van der Waals surface area (Å²) in [5.74, 6) is 0.204. The molecule has 0 atom stereocenters. The van der Waals surface area contributed by atoms with Gasteiger partial charge in [-0.25, -0.2) is 0 Å². The minimum atomic E-state index is -0.636.